The largest absolute Gasteiger partial charge is 0.394 e. The van der Waals surface area contributed by atoms with Crippen LogP contribution in [0.1, 0.15) is 6.23 Å². The maximum atomic E-state index is 10.3. The molecule has 4 N–H and O–H groups in total. The van der Waals surface area contributed by atoms with E-state index in [1.165, 1.54) is 24.4 Å². The predicted molar refractivity (Wildman–Crippen MR) is 80.0 cm³/mol. The van der Waals surface area contributed by atoms with Crippen molar-refractivity contribution in [2.75, 3.05) is 24.5 Å². The lowest BCUT2D eigenvalue weighted by Gasteiger charge is -2.21. The molecule has 3 rings (SSSR count). The Hall–Kier alpha value is -1.46. The summed E-state index contributed by atoms with van der Waals surface area (Å²) in [7, 11) is 0. The Morgan fingerprint density at radius 2 is 2.27 bits per heavy atom. The van der Waals surface area contributed by atoms with Crippen molar-refractivity contribution in [2.45, 2.75) is 24.5 Å². The Kier molecular flexibility index (Phi) is 4.45. The van der Waals surface area contributed by atoms with Crippen molar-refractivity contribution in [1.29, 1.82) is 0 Å². The fraction of sp³-hybridized carbons (Fsp3) is 0.583. The van der Waals surface area contributed by atoms with E-state index in [1.807, 2.05) is 6.26 Å². The van der Waals surface area contributed by atoms with E-state index in [2.05, 4.69) is 15.0 Å². The lowest BCUT2D eigenvalue weighted by molar-refractivity contribution is -0.0607. The summed E-state index contributed by atoms with van der Waals surface area (Å²) in [5, 5.41) is 19.6. The fourth-order valence-corrected chi connectivity index (χ4v) is 2.77. The van der Waals surface area contributed by atoms with Crippen molar-refractivity contribution in [3.8, 4) is 0 Å². The molecule has 9 nitrogen and oxygen atoms in total. The van der Waals surface area contributed by atoms with Crippen molar-refractivity contribution in [2.24, 2.45) is 0 Å². The first-order valence-corrected chi connectivity index (χ1v) is 8.04. The van der Waals surface area contributed by atoms with Crippen molar-refractivity contribution < 1.29 is 19.7 Å². The summed E-state index contributed by atoms with van der Waals surface area (Å²) in [5.41, 5.74) is 6.71. The standard InChI is InChI=1S/C12H17N5O4S/c1-22-5-20-9-8(19)6(2-18)21-12(9)17-4-16-7-10(13)14-3-15-11(7)17/h3-4,6,8-9,12,18-19H,2,5H2,1H3,(H2,13,14,15)/t6?,8?,9?,12-/m1/s1. The van der Waals surface area contributed by atoms with Crippen molar-refractivity contribution in [3.63, 3.8) is 0 Å². The van der Waals surface area contributed by atoms with Crippen LogP contribution in [0.3, 0.4) is 0 Å². The van der Waals surface area contributed by atoms with Crippen LogP contribution in [0, 0.1) is 0 Å². The van der Waals surface area contributed by atoms with Crippen LogP contribution in [0.5, 0.6) is 0 Å². The number of aromatic nitrogens is 4. The highest BCUT2D eigenvalue weighted by Gasteiger charge is 2.45. The maximum absolute atomic E-state index is 10.3. The van der Waals surface area contributed by atoms with Crippen molar-refractivity contribution >= 4 is 28.7 Å². The molecule has 0 amide bonds. The van der Waals surface area contributed by atoms with Gasteiger partial charge in [-0.2, -0.15) is 0 Å². The van der Waals surface area contributed by atoms with Crippen LogP contribution in [0.25, 0.3) is 11.2 Å². The number of hydrogen-bond donors (Lipinski definition) is 3. The van der Waals surface area contributed by atoms with Gasteiger partial charge in [0, 0.05) is 0 Å². The number of ether oxygens (including phenoxy) is 2. The molecule has 1 saturated heterocycles. The van der Waals surface area contributed by atoms with Gasteiger partial charge in [-0.05, 0) is 6.26 Å². The van der Waals surface area contributed by atoms with Gasteiger partial charge in [0.15, 0.2) is 17.7 Å². The van der Waals surface area contributed by atoms with Gasteiger partial charge in [-0.1, -0.05) is 0 Å². The highest BCUT2D eigenvalue weighted by Crippen LogP contribution is 2.34. The molecule has 0 aliphatic carbocycles. The number of rotatable bonds is 5. The molecule has 1 fully saturated rings. The molecule has 0 saturated carbocycles. The lowest BCUT2D eigenvalue weighted by Crippen LogP contribution is -2.35. The first-order valence-electron chi connectivity index (χ1n) is 6.65. The number of fused-ring (bicyclic) bond motifs is 1. The third kappa shape index (κ3) is 2.52. The SMILES string of the molecule is CSCOC1C(O)C(CO)O[C@H]1n1cnc2c(N)ncnc21. The zero-order valence-corrected chi connectivity index (χ0v) is 12.7. The number of imidazole rings is 1. The fourth-order valence-electron chi connectivity index (χ4n) is 2.48. The summed E-state index contributed by atoms with van der Waals surface area (Å²) in [4.78, 5) is 12.2. The van der Waals surface area contributed by atoms with E-state index in [9.17, 15) is 10.2 Å². The van der Waals surface area contributed by atoms with E-state index in [0.717, 1.165) is 0 Å². The average Bonchev–Trinajstić information content (AvgIpc) is 3.07. The van der Waals surface area contributed by atoms with Gasteiger partial charge in [-0.25, -0.2) is 15.0 Å². The number of nitrogens with two attached hydrogens (primary N) is 1. The van der Waals surface area contributed by atoms with E-state index < -0.39 is 24.5 Å². The second-order valence-corrected chi connectivity index (χ2v) is 5.67. The topological polar surface area (TPSA) is 129 Å². The molecule has 22 heavy (non-hydrogen) atoms. The second-order valence-electron chi connectivity index (χ2n) is 4.86. The highest BCUT2D eigenvalue weighted by molar-refractivity contribution is 7.98. The van der Waals surface area contributed by atoms with Gasteiger partial charge in [0.2, 0.25) is 0 Å². The van der Waals surface area contributed by atoms with Crippen LogP contribution in [0.2, 0.25) is 0 Å². The van der Waals surface area contributed by atoms with Gasteiger partial charge in [0.25, 0.3) is 0 Å². The van der Waals surface area contributed by atoms with Gasteiger partial charge < -0.3 is 25.4 Å². The summed E-state index contributed by atoms with van der Waals surface area (Å²) in [6.07, 6.45) is 1.77. The van der Waals surface area contributed by atoms with E-state index in [-0.39, 0.29) is 12.4 Å². The Morgan fingerprint density at radius 1 is 1.45 bits per heavy atom. The van der Waals surface area contributed by atoms with Crippen LogP contribution in [-0.2, 0) is 9.47 Å². The number of aliphatic hydroxyl groups is 2. The van der Waals surface area contributed by atoms with E-state index in [1.54, 1.807) is 4.57 Å². The van der Waals surface area contributed by atoms with E-state index in [0.29, 0.717) is 17.1 Å². The van der Waals surface area contributed by atoms with Crippen LogP contribution in [0.15, 0.2) is 12.7 Å². The molecule has 2 aromatic heterocycles. The molecule has 1 aliphatic rings. The molecular weight excluding hydrogens is 310 g/mol. The third-order valence-electron chi connectivity index (χ3n) is 3.53. The molecule has 0 bridgehead atoms. The van der Waals surface area contributed by atoms with Gasteiger partial charge in [0.1, 0.15) is 30.2 Å². The maximum Gasteiger partial charge on any atom is 0.167 e. The van der Waals surface area contributed by atoms with Gasteiger partial charge >= 0.3 is 0 Å². The number of nitrogens with zero attached hydrogens (tertiary/aromatic N) is 4. The summed E-state index contributed by atoms with van der Waals surface area (Å²) in [6.45, 7) is -0.305. The lowest BCUT2D eigenvalue weighted by atomic mass is 10.1. The monoisotopic (exact) mass is 327 g/mol. The molecule has 1 aliphatic heterocycles. The number of hydrogen-bond acceptors (Lipinski definition) is 9. The Balaban J connectivity index is 1.97. The summed E-state index contributed by atoms with van der Waals surface area (Å²) in [6, 6.07) is 0. The number of nitrogen functional groups attached to an aromatic ring is 1. The quantitative estimate of drug-likeness (QED) is 0.614. The van der Waals surface area contributed by atoms with Crippen LogP contribution in [-0.4, -0.2) is 66.8 Å². The van der Waals surface area contributed by atoms with Crippen molar-refractivity contribution in [3.05, 3.63) is 12.7 Å². The molecule has 3 heterocycles. The zero-order valence-electron chi connectivity index (χ0n) is 11.9. The minimum absolute atomic E-state index is 0.266. The molecule has 2 aromatic rings. The van der Waals surface area contributed by atoms with Crippen molar-refractivity contribution in [1.82, 2.24) is 19.5 Å². The minimum atomic E-state index is -0.946. The number of anilines is 1. The summed E-state index contributed by atoms with van der Waals surface area (Å²) >= 11 is 1.48. The van der Waals surface area contributed by atoms with Gasteiger partial charge in [0.05, 0.1) is 18.9 Å². The predicted octanol–water partition coefficient (Wildman–Crippen LogP) is -0.635. The summed E-state index contributed by atoms with van der Waals surface area (Å²) in [5.74, 6) is 0.659. The number of thioether (sulfide) groups is 1. The average molecular weight is 327 g/mol. The van der Waals surface area contributed by atoms with Gasteiger partial charge in [-0.3, -0.25) is 4.57 Å². The minimum Gasteiger partial charge on any atom is -0.394 e. The Labute approximate surface area is 130 Å². The summed E-state index contributed by atoms with van der Waals surface area (Å²) < 4.78 is 13.0. The van der Waals surface area contributed by atoms with Gasteiger partial charge in [-0.15, -0.1) is 11.8 Å². The zero-order chi connectivity index (χ0) is 15.7. The third-order valence-corrected chi connectivity index (χ3v) is 3.90. The Bertz CT molecular complexity index is 653. The molecular formula is C12H17N5O4S. The molecule has 10 heteroatoms. The molecule has 3 unspecified atom stereocenters. The van der Waals surface area contributed by atoms with Crippen LogP contribution < -0.4 is 5.73 Å². The van der Waals surface area contributed by atoms with Crippen LogP contribution in [0.4, 0.5) is 5.82 Å². The second kappa shape index (κ2) is 6.34. The van der Waals surface area contributed by atoms with E-state index >= 15 is 0 Å². The molecule has 0 aromatic carbocycles. The number of aliphatic hydroxyl groups excluding tert-OH is 2. The molecule has 0 radical (unpaired) electrons. The van der Waals surface area contributed by atoms with E-state index in [4.69, 9.17) is 15.2 Å². The smallest absolute Gasteiger partial charge is 0.167 e. The Morgan fingerprint density at radius 3 is 3.00 bits per heavy atom. The molecule has 4 atom stereocenters. The highest BCUT2D eigenvalue weighted by atomic mass is 32.2. The molecule has 120 valence electrons. The molecule has 0 spiro atoms. The normalized spacial score (nSPS) is 28.5. The van der Waals surface area contributed by atoms with Crippen LogP contribution >= 0.6 is 11.8 Å². The first-order chi connectivity index (χ1) is 10.7. The first kappa shape index (κ1) is 15.4.